The molecule has 0 spiro atoms. The molecule has 1 aliphatic rings. The Morgan fingerprint density at radius 2 is 2.44 bits per heavy atom. The molecule has 0 saturated heterocycles. The predicted molar refractivity (Wildman–Crippen MR) is 60.6 cm³/mol. The van der Waals surface area contributed by atoms with Gasteiger partial charge in [-0.05, 0) is 25.2 Å². The Kier molecular flexibility index (Phi) is 3.25. The summed E-state index contributed by atoms with van der Waals surface area (Å²) >= 11 is 0. The van der Waals surface area contributed by atoms with Crippen molar-refractivity contribution in [1.82, 2.24) is 15.2 Å². The second-order valence-electron chi connectivity index (χ2n) is 4.71. The summed E-state index contributed by atoms with van der Waals surface area (Å²) < 4.78 is 5.71. The van der Waals surface area contributed by atoms with Crippen LogP contribution in [-0.4, -0.2) is 22.3 Å². The number of nitrogens with one attached hydrogen (secondary N) is 1. The number of H-pyrrole nitrogens is 1. The first kappa shape index (κ1) is 11.5. The van der Waals surface area contributed by atoms with Crippen LogP contribution < -0.4 is 5.73 Å². The Hall–Kier alpha value is -0.940. The van der Waals surface area contributed by atoms with Crippen molar-refractivity contribution in [3.63, 3.8) is 0 Å². The number of aromatic nitrogens is 3. The molecule has 2 rings (SSSR count). The van der Waals surface area contributed by atoms with E-state index in [9.17, 15) is 0 Å². The highest BCUT2D eigenvalue weighted by Crippen LogP contribution is 2.40. The standard InChI is InChI=1S/C11H20N4O/c1-8-4-3-5-11(6-8,16-2)10-13-9(7-12)14-15-10/h8H,3-7,12H2,1-2H3,(H,13,14,15). The van der Waals surface area contributed by atoms with Crippen LogP contribution in [0.4, 0.5) is 0 Å². The SMILES string of the molecule is COC1(c2n[nH]c(CN)n2)CCCC(C)C1. The monoisotopic (exact) mass is 224 g/mol. The normalized spacial score (nSPS) is 30.6. The zero-order valence-electron chi connectivity index (χ0n) is 9.99. The Morgan fingerprint density at radius 3 is 3.00 bits per heavy atom. The summed E-state index contributed by atoms with van der Waals surface area (Å²) in [5.74, 6) is 2.15. The van der Waals surface area contributed by atoms with Gasteiger partial charge in [0, 0.05) is 7.11 Å². The van der Waals surface area contributed by atoms with Crippen LogP contribution in [0.2, 0.25) is 0 Å². The summed E-state index contributed by atoms with van der Waals surface area (Å²) in [6, 6.07) is 0. The van der Waals surface area contributed by atoms with Gasteiger partial charge >= 0.3 is 0 Å². The number of nitrogens with zero attached hydrogens (tertiary/aromatic N) is 2. The van der Waals surface area contributed by atoms with Gasteiger partial charge in [0.1, 0.15) is 11.4 Å². The first-order valence-electron chi connectivity index (χ1n) is 5.87. The lowest BCUT2D eigenvalue weighted by Gasteiger charge is -2.36. The quantitative estimate of drug-likeness (QED) is 0.811. The van der Waals surface area contributed by atoms with Gasteiger partial charge in [-0.15, -0.1) is 0 Å². The molecule has 0 amide bonds. The van der Waals surface area contributed by atoms with Crippen molar-refractivity contribution in [3.05, 3.63) is 11.6 Å². The van der Waals surface area contributed by atoms with Gasteiger partial charge in [-0.2, -0.15) is 5.10 Å². The summed E-state index contributed by atoms with van der Waals surface area (Å²) in [6.07, 6.45) is 4.42. The van der Waals surface area contributed by atoms with Crippen molar-refractivity contribution in [1.29, 1.82) is 0 Å². The van der Waals surface area contributed by atoms with Crippen LogP contribution >= 0.6 is 0 Å². The fourth-order valence-corrected chi connectivity index (χ4v) is 2.57. The average Bonchev–Trinajstić information content (AvgIpc) is 2.78. The van der Waals surface area contributed by atoms with Crippen LogP contribution in [0.15, 0.2) is 0 Å². The maximum absolute atomic E-state index is 5.71. The molecule has 5 nitrogen and oxygen atoms in total. The number of aromatic amines is 1. The van der Waals surface area contributed by atoms with Crippen LogP contribution in [0.25, 0.3) is 0 Å². The van der Waals surface area contributed by atoms with Crippen molar-refractivity contribution in [3.8, 4) is 0 Å². The molecule has 1 aromatic rings. The van der Waals surface area contributed by atoms with Gasteiger partial charge in [0.05, 0.1) is 6.54 Å². The highest BCUT2D eigenvalue weighted by molar-refractivity contribution is 5.05. The van der Waals surface area contributed by atoms with Gasteiger partial charge in [0.15, 0.2) is 5.82 Å². The van der Waals surface area contributed by atoms with Crippen LogP contribution in [0, 0.1) is 5.92 Å². The zero-order valence-corrected chi connectivity index (χ0v) is 9.99. The summed E-state index contributed by atoms with van der Waals surface area (Å²) in [5.41, 5.74) is 5.23. The lowest BCUT2D eigenvalue weighted by atomic mass is 9.78. The van der Waals surface area contributed by atoms with Crippen LogP contribution in [0.5, 0.6) is 0 Å². The average molecular weight is 224 g/mol. The van der Waals surface area contributed by atoms with Gasteiger partial charge in [0.25, 0.3) is 0 Å². The van der Waals surface area contributed by atoms with Crippen molar-refractivity contribution >= 4 is 0 Å². The summed E-state index contributed by atoms with van der Waals surface area (Å²) in [6.45, 7) is 2.64. The minimum atomic E-state index is -0.304. The molecule has 2 unspecified atom stereocenters. The summed E-state index contributed by atoms with van der Waals surface area (Å²) in [7, 11) is 1.75. The zero-order chi connectivity index (χ0) is 11.6. The third-order valence-corrected chi connectivity index (χ3v) is 3.48. The molecule has 0 aromatic carbocycles. The van der Waals surface area contributed by atoms with Crippen molar-refractivity contribution < 1.29 is 4.74 Å². The Labute approximate surface area is 95.8 Å². The van der Waals surface area contributed by atoms with Crippen molar-refractivity contribution in [2.75, 3.05) is 7.11 Å². The topological polar surface area (TPSA) is 76.8 Å². The second-order valence-corrected chi connectivity index (χ2v) is 4.71. The minimum Gasteiger partial charge on any atom is -0.370 e. The number of rotatable bonds is 3. The third-order valence-electron chi connectivity index (χ3n) is 3.48. The lowest BCUT2D eigenvalue weighted by molar-refractivity contribution is -0.0644. The molecule has 1 fully saturated rings. The molecule has 0 aliphatic heterocycles. The Morgan fingerprint density at radius 1 is 1.62 bits per heavy atom. The molecule has 1 saturated carbocycles. The maximum Gasteiger partial charge on any atom is 0.182 e. The highest BCUT2D eigenvalue weighted by Gasteiger charge is 2.40. The van der Waals surface area contributed by atoms with Gasteiger partial charge < -0.3 is 10.5 Å². The number of ether oxygens (including phenoxy) is 1. The molecule has 2 atom stereocenters. The minimum absolute atomic E-state index is 0.304. The largest absolute Gasteiger partial charge is 0.370 e. The lowest BCUT2D eigenvalue weighted by Crippen LogP contribution is -2.35. The maximum atomic E-state index is 5.71. The molecule has 5 heteroatoms. The number of hydrogen-bond acceptors (Lipinski definition) is 4. The second kappa shape index (κ2) is 4.51. The first-order valence-corrected chi connectivity index (χ1v) is 5.87. The van der Waals surface area contributed by atoms with Gasteiger partial charge in [-0.1, -0.05) is 13.3 Å². The molecular formula is C11H20N4O. The van der Waals surface area contributed by atoms with E-state index in [4.69, 9.17) is 10.5 Å². The van der Waals surface area contributed by atoms with Gasteiger partial charge in [0.2, 0.25) is 0 Å². The molecule has 16 heavy (non-hydrogen) atoms. The molecule has 0 bridgehead atoms. The Balaban J connectivity index is 2.25. The molecule has 1 aromatic heterocycles. The molecule has 1 aliphatic carbocycles. The molecule has 3 N–H and O–H groups in total. The number of methoxy groups -OCH3 is 1. The number of nitrogens with two attached hydrogens (primary N) is 1. The fourth-order valence-electron chi connectivity index (χ4n) is 2.57. The van der Waals surface area contributed by atoms with E-state index in [1.54, 1.807) is 7.11 Å². The van der Waals surface area contributed by atoms with E-state index in [1.807, 2.05) is 0 Å². The van der Waals surface area contributed by atoms with E-state index < -0.39 is 0 Å². The molecule has 90 valence electrons. The number of hydrogen-bond donors (Lipinski definition) is 2. The molecule has 0 radical (unpaired) electrons. The van der Waals surface area contributed by atoms with E-state index in [2.05, 4.69) is 22.1 Å². The summed E-state index contributed by atoms with van der Waals surface area (Å²) in [4.78, 5) is 4.41. The fraction of sp³-hybridized carbons (Fsp3) is 0.818. The third kappa shape index (κ3) is 1.97. The van der Waals surface area contributed by atoms with Crippen LogP contribution in [0.1, 0.15) is 44.3 Å². The Bertz CT molecular complexity index is 352. The van der Waals surface area contributed by atoms with Crippen LogP contribution in [0.3, 0.4) is 0 Å². The van der Waals surface area contributed by atoms with Gasteiger partial charge in [-0.3, -0.25) is 5.10 Å². The van der Waals surface area contributed by atoms with Gasteiger partial charge in [-0.25, -0.2) is 4.98 Å². The van der Waals surface area contributed by atoms with E-state index >= 15 is 0 Å². The summed E-state index contributed by atoms with van der Waals surface area (Å²) in [5, 5.41) is 7.11. The van der Waals surface area contributed by atoms with E-state index in [1.165, 1.54) is 12.8 Å². The van der Waals surface area contributed by atoms with E-state index in [-0.39, 0.29) is 5.60 Å². The van der Waals surface area contributed by atoms with E-state index in [0.29, 0.717) is 12.5 Å². The predicted octanol–water partition coefficient (Wildman–Crippen LogP) is 1.32. The van der Waals surface area contributed by atoms with Crippen molar-refractivity contribution in [2.45, 2.75) is 44.8 Å². The van der Waals surface area contributed by atoms with E-state index in [0.717, 1.165) is 24.5 Å². The highest BCUT2D eigenvalue weighted by atomic mass is 16.5. The van der Waals surface area contributed by atoms with Crippen molar-refractivity contribution in [2.24, 2.45) is 11.7 Å². The molecular weight excluding hydrogens is 204 g/mol. The van der Waals surface area contributed by atoms with Crippen LogP contribution in [-0.2, 0) is 16.9 Å². The smallest absolute Gasteiger partial charge is 0.182 e. The molecule has 1 heterocycles. The first-order chi connectivity index (χ1) is 7.70.